The summed E-state index contributed by atoms with van der Waals surface area (Å²) < 4.78 is 19.7. The highest BCUT2D eigenvalue weighted by Crippen LogP contribution is 2.32. The Hall–Kier alpha value is -1.98. The lowest BCUT2D eigenvalue weighted by Gasteiger charge is -2.29. The number of hydrogen-bond donors (Lipinski definition) is 0. The van der Waals surface area contributed by atoms with Gasteiger partial charge < -0.3 is 9.64 Å². The van der Waals surface area contributed by atoms with E-state index >= 15 is 0 Å². The van der Waals surface area contributed by atoms with Crippen LogP contribution in [0.4, 0.5) is 4.39 Å². The third-order valence-electron chi connectivity index (χ3n) is 4.35. The molecule has 0 aliphatic carbocycles. The first-order valence-electron chi connectivity index (χ1n) is 7.78. The number of ether oxygens (including phenoxy) is 1. The molecule has 0 radical (unpaired) electrons. The van der Waals surface area contributed by atoms with Gasteiger partial charge in [0.25, 0.3) is 0 Å². The summed E-state index contributed by atoms with van der Waals surface area (Å²) in [6.45, 7) is 0.572. The van der Waals surface area contributed by atoms with E-state index in [4.69, 9.17) is 16.3 Å². The summed E-state index contributed by atoms with van der Waals surface area (Å²) in [4.78, 5) is 18.4. The van der Waals surface area contributed by atoms with Gasteiger partial charge in [0.2, 0.25) is 5.91 Å². The molecule has 2 heterocycles. The number of nitrogens with zero attached hydrogens (tertiary/aromatic N) is 2. The Morgan fingerprint density at radius 2 is 2.25 bits per heavy atom. The molecule has 1 aromatic heterocycles. The van der Waals surface area contributed by atoms with Crippen LogP contribution < -0.4 is 0 Å². The van der Waals surface area contributed by atoms with Crippen molar-refractivity contribution in [2.75, 3.05) is 13.7 Å². The summed E-state index contributed by atoms with van der Waals surface area (Å²) in [6, 6.07) is 8.10. The summed E-state index contributed by atoms with van der Waals surface area (Å²) >= 11 is 6.02. The van der Waals surface area contributed by atoms with Crippen molar-refractivity contribution in [3.8, 4) is 0 Å². The molecule has 2 atom stereocenters. The van der Waals surface area contributed by atoms with Gasteiger partial charge in [-0.3, -0.25) is 9.78 Å². The largest absolute Gasteiger partial charge is 0.371 e. The number of rotatable bonds is 4. The van der Waals surface area contributed by atoms with E-state index in [0.717, 1.165) is 12.0 Å². The Labute approximate surface area is 145 Å². The van der Waals surface area contributed by atoms with Gasteiger partial charge in [0, 0.05) is 42.2 Å². The predicted octanol–water partition coefficient (Wildman–Crippen LogP) is 3.41. The molecule has 126 valence electrons. The maximum Gasteiger partial charge on any atom is 0.227 e. The molecule has 0 N–H and O–H groups in total. The van der Waals surface area contributed by atoms with Crippen LogP contribution in [0.5, 0.6) is 0 Å². The Bertz CT molecular complexity index is 706. The van der Waals surface area contributed by atoms with Crippen LogP contribution in [0, 0.1) is 5.82 Å². The van der Waals surface area contributed by atoms with Crippen molar-refractivity contribution >= 4 is 17.5 Å². The second-order valence-corrected chi connectivity index (χ2v) is 6.22. The highest BCUT2D eigenvalue weighted by atomic mass is 35.5. The zero-order chi connectivity index (χ0) is 17.1. The van der Waals surface area contributed by atoms with Gasteiger partial charge >= 0.3 is 0 Å². The standard InChI is InChI=1S/C18H18ClFN2O2/c1-22(17(23)10-13-14(19)5-2-6-15(13)20)16-7-9-24-18(16)12-4-3-8-21-11-12/h2-6,8,11,16,18H,7,9-10H2,1H3/t16-,18+/m0/s1. The first-order valence-corrected chi connectivity index (χ1v) is 8.16. The number of halogens is 2. The SMILES string of the molecule is CN(C(=O)Cc1c(F)cccc1Cl)[C@H]1CCO[C@@H]1c1cccnc1. The number of benzene rings is 1. The third-order valence-corrected chi connectivity index (χ3v) is 4.71. The smallest absolute Gasteiger partial charge is 0.227 e. The average molecular weight is 349 g/mol. The molecule has 24 heavy (non-hydrogen) atoms. The fraction of sp³-hybridized carbons (Fsp3) is 0.333. The minimum absolute atomic E-state index is 0.0712. The van der Waals surface area contributed by atoms with Crippen molar-refractivity contribution in [3.63, 3.8) is 0 Å². The van der Waals surface area contributed by atoms with E-state index < -0.39 is 5.82 Å². The second kappa shape index (κ2) is 7.28. The van der Waals surface area contributed by atoms with E-state index in [1.165, 1.54) is 12.1 Å². The van der Waals surface area contributed by atoms with Crippen molar-refractivity contribution in [1.29, 1.82) is 0 Å². The van der Waals surface area contributed by atoms with Gasteiger partial charge in [0.05, 0.1) is 12.5 Å². The van der Waals surface area contributed by atoms with Crippen LogP contribution in [-0.2, 0) is 16.0 Å². The van der Waals surface area contributed by atoms with Crippen LogP contribution in [0.25, 0.3) is 0 Å². The predicted molar refractivity (Wildman–Crippen MR) is 89.2 cm³/mol. The van der Waals surface area contributed by atoms with Crippen LogP contribution in [0.1, 0.15) is 23.7 Å². The van der Waals surface area contributed by atoms with Gasteiger partial charge in [-0.25, -0.2) is 4.39 Å². The van der Waals surface area contributed by atoms with E-state index in [-0.39, 0.29) is 35.1 Å². The van der Waals surface area contributed by atoms with E-state index in [2.05, 4.69) is 4.98 Å². The first-order chi connectivity index (χ1) is 11.6. The van der Waals surface area contributed by atoms with Gasteiger partial charge in [-0.15, -0.1) is 0 Å². The van der Waals surface area contributed by atoms with Crippen LogP contribution in [0.15, 0.2) is 42.7 Å². The lowest BCUT2D eigenvalue weighted by molar-refractivity contribution is -0.132. The highest BCUT2D eigenvalue weighted by Gasteiger charge is 2.35. The minimum Gasteiger partial charge on any atom is -0.371 e. The maximum absolute atomic E-state index is 13.9. The zero-order valence-corrected chi connectivity index (χ0v) is 14.0. The van der Waals surface area contributed by atoms with Crippen LogP contribution in [0.3, 0.4) is 0 Å². The Kier molecular flexibility index (Phi) is 5.11. The highest BCUT2D eigenvalue weighted by molar-refractivity contribution is 6.31. The van der Waals surface area contributed by atoms with E-state index in [0.29, 0.717) is 6.61 Å². The summed E-state index contributed by atoms with van der Waals surface area (Å²) in [5, 5.41) is 0.267. The molecular formula is C18H18ClFN2O2. The molecule has 1 amide bonds. The fourth-order valence-corrected chi connectivity index (χ4v) is 3.23. The van der Waals surface area contributed by atoms with Crippen molar-refractivity contribution in [3.05, 3.63) is 64.7 Å². The number of amides is 1. The molecule has 1 aromatic carbocycles. The molecule has 4 nitrogen and oxygen atoms in total. The topological polar surface area (TPSA) is 42.4 Å². The van der Waals surface area contributed by atoms with E-state index in [1.807, 2.05) is 12.1 Å². The average Bonchev–Trinajstić information content (AvgIpc) is 3.08. The second-order valence-electron chi connectivity index (χ2n) is 5.82. The number of carbonyl (C=O) groups is 1. The lowest BCUT2D eigenvalue weighted by Crippen LogP contribution is -2.39. The molecule has 0 unspecified atom stereocenters. The molecule has 1 aliphatic heterocycles. The van der Waals surface area contributed by atoms with Crippen molar-refractivity contribution < 1.29 is 13.9 Å². The number of aromatic nitrogens is 1. The molecule has 1 fully saturated rings. The zero-order valence-electron chi connectivity index (χ0n) is 13.3. The summed E-state index contributed by atoms with van der Waals surface area (Å²) in [6.07, 6.45) is 3.88. The molecule has 1 saturated heterocycles. The Balaban J connectivity index is 1.75. The normalized spacial score (nSPS) is 20.1. The molecule has 1 aliphatic rings. The first kappa shape index (κ1) is 16.9. The number of pyridine rings is 1. The van der Waals surface area contributed by atoms with Gasteiger partial charge in [-0.05, 0) is 24.6 Å². The van der Waals surface area contributed by atoms with Gasteiger partial charge in [-0.1, -0.05) is 23.7 Å². The molecule has 0 saturated carbocycles. The Morgan fingerprint density at radius 1 is 1.42 bits per heavy atom. The molecule has 2 aromatic rings. The van der Waals surface area contributed by atoms with Crippen molar-refractivity contribution in [1.82, 2.24) is 9.88 Å². The minimum atomic E-state index is -0.462. The lowest BCUT2D eigenvalue weighted by atomic mass is 10.0. The summed E-state index contributed by atoms with van der Waals surface area (Å²) in [5.74, 6) is -0.651. The molecule has 6 heteroatoms. The maximum atomic E-state index is 13.9. The quantitative estimate of drug-likeness (QED) is 0.850. The summed E-state index contributed by atoms with van der Waals surface area (Å²) in [5.41, 5.74) is 1.16. The van der Waals surface area contributed by atoms with Crippen molar-refractivity contribution in [2.24, 2.45) is 0 Å². The van der Waals surface area contributed by atoms with Crippen LogP contribution in [0.2, 0.25) is 5.02 Å². The van der Waals surface area contributed by atoms with Gasteiger partial charge in [-0.2, -0.15) is 0 Å². The number of hydrogen-bond acceptors (Lipinski definition) is 3. The number of carbonyl (C=O) groups excluding carboxylic acids is 1. The summed E-state index contributed by atoms with van der Waals surface area (Å²) in [7, 11) is 1.72. The number of likely N-dealkylation sites (N-methyl/N-ethyl adjacent to an activating group) is 1. The van der Waals surface area contributed by atoms with E-state index in [1.54, 1.807) is 30.4 Å². The Morgan fingerprint density at radius 3 is 2.96 bits per heavy atom. The van der Waals surface area contributed by atoms with Crippen LogP contribution in [-0.4, -0.2) is 35.5 Å². The molecule has 0 bridgehead atoms. The van der Waals surface area contributed by atoms with Gasteiger partial charge in [0.1, 0.15) is 11.9 Å². The molecule has 0 spiro atoms. The molecular weight excluding hydrogens is 331 g/mol. The monoisotopic (exact) mass is 348 g/mol. The van der Waals surface area contributed by atoms with Gasteiger partial charge in [0.15, 0.2) is 0 Å². The van der Waals surface area contributed by atoms with Crippen molar-refractivity contribution in [2.45, 2.75) is 25.0 Å². The van der Waals surface area contributed by atoms with E-state index in [9.17, 15) is 9.18 Å². The third kappa shape index (κ3) is 3.42. The van der Waals surface area contributed by atoms with Crippen LogP contribution >= 0.6 is 11.6 Å². The fourth-order valence-electron chi connectivity index (χ4n) is 3.00. The molecule has 3 rings (SSSR count).